The molecule has 30 heavy (non-hydrogen) atoms. The summed E-state index contributed by atoms with van der Waals surface area (Å²) in [5.41, 5.74) is 1.01. The molecule has 0 radical (unpaired) electrons. The van der Waals surface area contributed by atoms with Crippen LogP contribution in [0.1, 0.15) is 26.2 Å². The Morgan fingerprint density at radius 2 is 1.70 bits per heavy atom. The number of para-hydroxylation sites is 2. The van der Waals surface area contributed by atoms with Gasteiger partial charge in [0.25, 0.3) is 5.91 Å². The monoisotopic (exact) mass is 452 g/mol. The first-order valence-electron chi connectivity index (χ1n) is 9.31. The highest BCUT2D eigenvalue weighted by Crippen LogP contribution is 2.25. The summed E-state index contributed by atoms with van der Waals surface area (Å²) in [6.07, 6.45) is 0.404. The van der Waals surface area contributed by atoms with Gasteiger partial charge in [0.1, 0.15) is 5.75 Å². The van der Waals surface area contributed by atoms with Gasteiger partial charge in [-0.25, -0.2) is 0 Å². The first kappa shape index (κ1) is 23.5. The lowest BCUT2D eigenvalue weighted by atomic mass is 10.2. The maximum atomic E-state index is 12.0. The van der Waals surface area contributed by atoms with Crippen LogP contribution in [-0.2, 0) is 19.1 Å². The Hall–Kier alpha value is -2.77. The van der Waals surface area contributed by atoms with Gasteiger partial charge in [-0.2, -0.15) is 0 Å². The Balaban J connectivity index is 1.67. The van der Waals surface area contributed by atoms with Gasteiger partial charge < -0.3 is 20.1 Å². The van der Waals surface area contributed by atoms with Crippen molar-refractivity contribution >= 4 is 52.4 Å². The normalized spacial score (nSPS) is 10.2. The molecule has 7 nitrogen and oxygen atoms in total. The van der Waals surface area contributed by atoms with Crippen LogP contribution in [0.3, 0.4) is 0 Å². The molecule has 2 rings (SSSR count). The molecule has 0 spiro atoms. The molecule has 9 heteroatoms. The molecule has 0 heterocycles. The van der Waals surface area contributed by atoms with Crippen LogP contribution < -0.4 is 15.4 Å². The van der Waals surface area contributed by atoms with Crippen molar-refractivity contribution in [3.63, 3.8) is 0 Å². The summed E-state index contributed by atoms with van der Waals surface area (Å²) >= 11 is 11.7. The molecule has 0 fully saturated rings. The molecule has 160 valence electrons. The number of hydrogen-bond acceptors (Lipinski definition) is 5. The summed E-state index contributed by atoms with van der Waals surface area (Å²) in [5.74, 6) is -0.780. The van der Waals surface area contributed by atoms with E-state index in [1.807, 2.05) is 6.92 Å². The predicted octanol–water partition coefficient (Wildman–Crippen LogP) is 4.68. The Bertz CT molecular complexity index is 905. The molecule has 0 saturated heterocycles. The van der Waals surface area contributed by atoms with Gasteiger partial charge in [-0.1, -0.05) is 35.3 Å². The molecule has 0 bridgehead atoms. The van der Waals surface area contributed by atoms with Crippen molar-refractivity contribution in [2.75, 3.05) is 23.8 Å². The quantitative estimate of drug-likeness (QED) is 0.510. The smallest absolute Gasteiger partial charge is 0.306 e. The Kier molecular flexibility index (Phi) is 9.44. The molecule has 0 aliphatic heterocycles. The third kappa shape index (κ3) is 7.93. The van der Waals surface area contributed by atoms with Crippen LogP contribution in [0.5, 0.6) is 5.75 Å². The number of anilines is 2. The molecule has 2 aromatic carbocycles. The van der Waals surface area contributed by atoms with E-state index in [0.717, 1.165) is 0 Å². The number of nitrogens with one attached hydrogen (secondary N) is 2. The van der Waals surface area contributed by atoms with Crippen molar-refractivity contribution < 1.29 is 23.9 Å². The topological polar surface area (TPSA) is 93.7 Å². The van der Waals surface area contributed by atoms with Crippen molar-refractivity contribution in [2.24, 2.45) is 0 Å². The minimum Gasteiger partial charge on any atom is -0.492 e. The Morgan fingerprint density at radius 3 is 2.43 bits per heavy atom. The number of ether oxygens (including phenoxy) is 2. The molecule has 2 amide bonds. The molecular weight excluding hydrogens is 431 g/mol. The average Bonchev–Trinajstić information content (AvgIpc) is 2.71. The number of hydrogen-bond donors (Lipinski definition) is 2. The van der Waals surface area contributed by atoms with E-state index in [0.29, 0.717) is 33.8 Å². The second kappa shape index (κ2) is 12.0. The molecule has 0 unspecified atom stereocenters. The standard InChI is InChI=1S/C21H22Cl2N2O5/c1-2-29-18-7-4-3-6-17(18)25-20(27)13-30-21(28)9-5-8-19(26)24-14-10-11-15(22)16(23)12-14/h3-4,6-7,10-12H,2,5,8-9,13H2,1H3,(H,24,26)(H,25,27). The van der Waals surface area contributed by atoms with Gasteiger partial charge in [0.15, 0.2) is 6.61 Å². The minimum atomic E-state index is -0.564. The van der Waals surface area contributed by atoms with Gasteiger partial charge in [-0.05, 0) is 43.7 Å². The second-order valence-corrected chi connectivity index (χ2v) is 6.98. The van der Waals surface area contributed by atoms with Crippen LogP contribution in [-0.4, -0.2) is 31.0 Å². The first-order chi connectivity index (χ1) is 14.4. The Labute approximate surface area is 184 Å². The fourth-order valence-corrected chi connectivity index (χ4v) is 2.74. The molecule has 0 saturated carbocycles. The molecule has 0 aliphatic carbocycles. The molecule has 0 aliphatic rings. The lowest BCUT2D eigenvalue weighted by Crippen LogP contribution is -2.21. The van der Waals surface area contributed by atoms with E-state index in [1.165, 1.54) is 0 Å². The Morgan fingerprint density at radius 1 is 0.933 bits per heavy atom. The third-order valence-electron chi connectivity index (χ3n) is 3.81. The van der Waals surface area contributed by atoms with Crippen LogP contribution in [0.25, 0.3) is 0 Å². The van der Waals surface area contributed by atoms with Gasteiger partial charge in [-0.3, -0.25) is 14.4 Å². The number of carbonyl (C=O) groups excluding carboxylic acids is 3. The second-order valence-electron chi connectivity index (χ2n) is 6.17. The zero-order valence-corrected chi connectivity index (χ0v) is 17.9. The summed E-state index contributed by atoms with van der Waals surface area (Å²) in [6.45, 7) is 1.88. The van der Waals surface area contributed by atoms with Gasteiger partial charge in [0.2, 0.25) is 5.91 Å². The highest BCUT2D eigenvalue weighted by Gasteiger charge is 2.12. The number of rotatable bonds is 10. The van der Waals surface area contributed by atoms with Crippen LogP contribution in [0, 0.1) is 0 Å². The summed E-state index contributed by atoms with van der Waals surface area (Å²) in [4.78, 5) is 35.7. The van der Waals surface area contributed by atoms with Crippen LogP contribution in [0.15, 0.2) is 42.5 Å². The largest absolute Gasteiger partial charge is 0.492 e. The van der Waals surface area contributed by atoms with E-state index < -0.39 is 18.5 Å². The van der Waals surface area contributed by atoms with Gasteiger partial charge >= 0.3 is 5.97 Å². The van der Waals surface area contributed by atoms with Gasteiger partial charge in [0, 0.05) is 18.5 Å². The van der Waals surface area contributed by atoms with Gasteiger partial charge in [-0.15, -0.1) is 0 Å². The summed E-state index contributed by atoms with van der Waals surface area (Å²) < 4.78 is 10.4. The van der Waals surface area contributed by atoms with E-state index in [2.05, 4.69) is 10.6 Å². The van der Waals surface area contributed by atoms with E-state index in [1.54, 1.807) is 42.5 Å². The lowest BCUT2D eigenvalue weighted by Gasteiger charge is -2.11. The summed E-state index contributed by atoms with van der Waals surface area (Å²) in [7, 11) is 0. The van der Waals surface area contributed by atoms with E-state index in [9.17, 15) is 14.4 Å². The zero-order chi connectivity index (χ0) is 21.9. The van der Waals surface area contributed by atoms with Crippen molar-refractivity contribution in [1.29, 1.82) is 0 Å². The number of halogens is 2. The third-order valence-corrected chi connectivity index (χ3v) is 4.55. The fourth-order valence-electron chi connectivity index (χ4n) is 2.45. The van der Waals surface area contributed by atoms with Crippen LogP contribution >= 0.6 is 23.2 Å². The van der Waals surface area contributed by atoms with Crippen LogP contribution in [0.2, 0.25) is 10.0 Å². The van der Waals surface area contributed by atoms with Crippen molar-refractivity contribution in [3.05, 3.63) is 52.5 Å². The highest BCUT2D eigenvalue weighted by atomic mass is 35.5. The van der Waals surface area contributed by atoms with E-state index in [4.69, 9.17) is 32.7 Å². The SMILES string of the molecule is CCOc1ccccc1NC(=O)COC(=O)CCCC(=O)Nc1ccc(Cl)c(Cl)c1. The van der Waals surface area contributed by atoms with Gasteiger partial charge in [0.05, 0.1) is 22.3 Å². The zero-order valence-electron chi connectivity index (χ0n) is 16.4. The molecule has 0 atom stereocenters. The maximum absolute atomic E-state index is 12.0. The number of amides is 2. The van der Waals surface area contributed by atoms with E-state index in [-0.39, 0.29) is 25.2 Å². The van der Waals surface area contributed by atoms with Crippen molar-refractivity contribution in [1.82, 2.24) is 0 Å². The van der Waals surface area contributed by atoms with E-state index >= 15 is 0 Å². The predicted molar refractivity (Wildman–Crippen MR) is 116 cm³/mol. The van der Waals surface area contributed by atoms with Crippen LogP contribution in [0.4, 0.5) is 11.4 Å². The summed E-state index contributed by atoms with van der Waals surface area (Å²) in [6, 6.07) is 11.7. The maximum Gasteiger partial charge on any atom is 0.306 e. The fraction of sp³-hybridized carbons (Fsp3) is 0.286. The average molecular weight is 453 g/mol. The van der Waals surface area contributed by atoms with Crippen molar-refractivity contribution in [3.8, 4) is 5.75 Å². The van der Waals surface area contributed by atoms with Crippen molar-refractivity contribution in [2.45, 2.75) is 26.2 Å². The molecular formula is C21H22Cl2N2O5. The molecule has 0 aromatic heterocycles. The lowest BCUT2D eigenvalue weighted by molar-refractivity contribution is -0.147. The highest BCUT2D eigenvalue weighted by molar-refractivity contribution is 6.42. The summed E-state index contributed by atoms with van der Waals surface area (Å²) in [5, 5.41) is 6.03. The molecule has 2 N–H and O–H groups in total. The molecule has 2 aromatic rings. The number of esters is 1. The number of carbonyl (C=O) groups is 3. The first-order valence-corrected chi connectivity index (χ1v) is 10.1. The minimum absolute atomic E-state index is 0.0115. The number of benzene rings is 2.